The molecule has 3 aliphatic heterocycles. The van der Waals surface area contributed by atoms with Gasteiger partial charge in [-0.05, 0) is 68.6 Å². The molecule has 11 heteroatoms. The van der Waals surface area contributed by atoms with Crippen molar-refractivity contribution in [3.63, 3.8) is 0 Å². The van der Waals surface area contributed by atoms with Crippen LogP contribution in [-0.4, -0.2) is 51.3 Å². The fraction of sp³-hybridized carbons (Fsp3) is 0.467. The van der Waals surface area contributed by atoms with Gasteiger partial charge in [0.1, 0.15) is 5.82 Å². The lowest BCUT2D eigenvalue weighted by Gasteiger charge is -2.33. The first-order valence-corrected chi connectivity index (χ1v) is 14.4. The van der Waals surface area contributed by atoms with E-state index in [1.165, 1.54) is 0 Å². The standard InChI is InChI=1S/C30H38F2N8O/c1-18(41)38-13-8-26-24(17-38)30(36-40(26)21-5-9-35-10-6-21)39-11-3-4-19-14-22(23(28(31)32)16-27(19)39)25(33)15-20-7-12-37(2)29(20)34/h7,12,14-16,21,28,35H,3-6,8-11,13,17,33-34H2,1-2H3/b25-15-. The van der Waals surface area contributed by atoms with E-state index < -0.39 is 6.43 Å². The van der Waals surface area contributed by atoms with Crippen LogP contribution in [0, 0.1) is 0 Å². The highest BCUT2D eigenvalue weighted by Gasteiger charge is 2.34. The van der Waals surface area contributed by atoms with Crippen LogP contribution >= 0.6 is 0 Å². The van der Waals surface area contributed by atoms with Gasteiger partial charge in [0, 0.05) is 79.0 Å². The summed E-state index contributed by atoms with van der Waals surface area (Å²) in [6.45, 7) is 5.26. The van der Waals surface area contributed by atoms with Crippen molar-refractivity contribution in [3.05, 3.63) is 57.9 Å². The molecule has 41 heavy (non-hydrogen) atoms. The first kappa shape index (κ1) is 27.3. The Morgan fingerprint density at radius 2 is 1.98 bits per heavy atom. The summed E-state index contributed by atoms with van der Waals surface area (Å²) < 4.78 is 33.1. The summed E-state index contributed by atoms with van der Waals surface area (Å²) in [5, 5.41) is 8.59. The fourth-order valence-electron chi connectivity index (χ4n) is 6.50. The third-order valence-corrected chi connectivity index (χ3v) is 8.80. The SMILES string of the molecule is CC(=O)N1CCc2c(c(N3CCCc4cc(/C(N)=C/c5ccn(C)c5N)c(C(F)F)cc43)nn2C2CCNCC2)C1. The Hall–Kier alpha value is -3.86. The molecule has 6 rings (SSSR count). The number of nitrogens with two attached hydrogens (primary N) is 2. The maximum absolute atomic E-state index is 14.6. The summed E-state index contributed by atoms with van der Waals surface area (Å²) in [6, 6.07) is 5.49. The van der Waals surface area contributed by atoms with Gasteiger partial charge >= 0.3 is 0 Å². The van der Waals surface area contributed by atoms with Crippen molar-refractivity contribution < 1.29 is 13.6 Å². The van der Waals surface area contributed by atoms with E-state index >= 15 is 0 Å². The number of amides is 1. The van der Waals surface area contributed by atoms with Crippen molar-refractivity contribution in [2.24, 2.45) is 12.8 Å². The van der Waals surface area contributed by atoms with Crippen molar-refractivity contribution in [2.45, 2.75) is 58.0 Å². The minimum Gasteiger partial charge on any atom is -0.398 e. The first-order chi connectivity index (χ1) is 19.7. The van der Waals surface area contributed by atoms with E-state index in [2.05, 4.69) is 14.9 Å². The number of aromatic nitrogens is 3. The molecule has 0 atom stereocenters. The van der Waals surface area contributed by atoms with E-state index in [1.54, 1.807) is 23.6 Å². The monoisotopic (exact) mass is 564 g/mol. The average Bonchev–Trinajstić information content (AvgIpc) is 3.51. The minimum atomic E-state index is -2.71. The van der Waals surface area contributed by atoms with Gasteiger partial charge in [-0.1, -0.05) is 0 Å². The van der Waals surface area contributed by atoms with Crippen LogP contribution in [-0.2, 0) is 31.2 Å². The molecule has 3 aromatic rings. The molecular weight excluding hydrogens is 526 g/mol. The van der Waals surface area contributed by atoms with Crippen molar-refractivity contribution in [3.8, 4) is 0 Å². The number of carbonyl (C=O) groups is 1. The van der Waals surface area contributed by atoms with E-state index in [4.69, 9.17) is 16.6 Å². The van der Waals surface area contributed by atoms with Gasteiger partial charge in [-0.15, -0.1) is 0 Å². The molecule has 0 radical (unpaired) electrons. The second kappa shape index (κ2) is 10.8. The predicted molar refractivity (Wildman–Crippen MR) is 157 cm³/mol. The van der Waals surface area contributed by atoms with Crippen LogP contribution in [0.4, 0.5) is 26.1 Å². The number of halogens is 2. The van der Waals surface area contributed by atoms with Gasteiger partial charge in [-0.25, -0.2) is 8.78 Å². The highest BCUT2D eigenvalue weighted by atomic mass is 19.3. The topological polar surface area (TPSA) is 110 Å². The summed E-state index contributed by atoms with van der Waals surface area (Å²) >= 11 is 0. The quantitative estimate of drug-likeness (QED) is 0.430. The number of nitrogens with zero attached hydrogens (tertiary/aromatic N) is 5. The average molecular weight is 565 g/mol. The van der Waals surface area contributed by atoms with Crippen LogP contribution in [0.2, 0.25) is 0 Å². The maximum Gasteiger partial charge on any atom is 0.264 e. The predicted octanol–water partition coefficient (Wildman–Crippen LogP) is 4.11. The summed E-state index contributed by atoms with van der Waals surface area (Å²) in [6.07, 6.45) is 5.06. The van der Waals surface area contributed by atoms with Crippen LogP contribution in [0.15, 0.2) is 24.4 Å². The zero-order valence-corrected chi connectivity index (χ0v) is 23.7. The van der Waals surface area contributed by atoms with Gasteiger partial charge in [0.05, 0.1) is 12.6 Å². The molecule has 2 aromatic heterocycles. The molecule has 0 saturated carbocycles. The number of anilines is 3. The lowest BCUT2D eigenvalue weighted by Crippen LogP contribution is -2.36. The van der Waals surface area contributed by atoms with Crippen LogP contribution in [0.5, 0.6) is 0 Å². The molecule has 0 bridgehead atoms. The van der Waals surface area contributed by atoms with E-state index in [1.807, 2.05) is 30.3 Å². The molecule has 0 unspecified atom stereocenters. The number of hydrogen-bond donors (Lipinski definition) is 3. The number of hydrogen-bond acceptors (Lipinski definition) is 6. The van der Waals surface area contributed by atoms with Gasteiger partial charge in [-0.2, -0.15) is 5.10 Å². The van der Waals surface area contributed by atoms with E-state index in [9.17, 15) is 13.6 Å². The van der Waals surface area contributed by atoms with Gasteiger partial charge in [0.2, 0.25) is 5.91 Å². The van der Waals surface area contributed by atoms with Crippen LogP contribution in [0.1, 0.15) is 72.2 Å². The number of carbonyl (C=O) groups excluding carboxylic acids is 1. The van der Waals surface area contributed by atoms with Gasteiger partial charge < -0.3 is 31.2 Å². The molecule has 9 nitrogen and oxygen atoms in total. The van der Waals surface area contributed by atoms with Crippen LogP contribution < -0.4 is 21.7 Å². The molecule has 1 amide bonds. The number of rotatable bonds is 5. The maximum atomic E-state index is 14.6. The lowest BCUT2D eigenvalue weighted by atomic mass is 9.93. The smallest absolute Gasteiger partial charge is 0.264 e. The largest absolute Gasteiger partial charge is 0.398 e. The number of piperidine rings is 1. The molecule has 5 heterocycles. The first-order valence-electron chi connectivity index (χ1n) is 14.4. The molecule has 3 aliphatic rings. The molecular formula is C30H38F2N8O. The number of nitrogen functional groups attached to an aromatic ring is 1. The molecule has 0 aliphatic carbocycles. The second-order valence-corrected chi connectivity index (χ2v) is 11.4. The Labute approximate surface area is 238 Å². The summed E-state index contributed by atoms with van der Waals surface area (Å²) in [4.78, 5) is 16.3. The number of nitrogens with one attached hydrogen (secondary N) is 1. The van der Waals surface area contributed by atoms with Gasteiger partial charge in [-0.3, -0.25) is 9.48 Å². The molecule has 0 spiro atoms. The Balaban J connectivity index is 1.44. The Bertz CT molecular complexity index is 1500. The molecule has 218 valence electrons. The fourth-order valence-corrected chi connectivity index (χ4v) is 6.50. The number of alkyl halides is 2. The number of benzene rings is 1. The zero-order chi connectivity index (χ0) is 28.8. The molecule has 1 saturated heterocycles. The van der Waals surface area contributed by atoms with E-state index in [-0.39, 0.29) is 23.2 Å². The Morgan fingerprint density at radius 1 is 1.20 bits per heavy atom. The highest BCUT2D eigenvalue weighted by Crippen LogP contribution is 2.42. The number of aryl methyl sites for hydroxylation is 2. The highest BCUT2D eigenvalue weighted by molar-refractivity contribution is 5.85. The van der Waals surface area contributed by atoms with Crippen molar-refractivity contribution in [1.82, 2.24) is 24.6 Å². The third kappa shape index (κ3) is 4.96. The van der Waals surface area contributed by atoms with Crippen LogP contribution in [0.25, 0.3) is 11.8 Å². The third-order valence-electron chi connectivity index (χ3n) is 8.80. The van der Waals surface area contributed by atoms with Crippen LogP contribution in [0.3, 0.4) is 0 Å². The molecule has 1 aromatic carbocycles. The summed E-state index contributed by atoms with van der Waals surface area (Å²) in [7, 11) is 1.82. The Morgan fingerprint density at radius 3 is 2.66 bits per heavy atom. The van der Waals surface area contributed by atoms with Crippen molar-refractivity contribution in [2.75, 3.05) is 36.8 Å². The normalized spacial score (nSPS) is 18.1. The van der Waals surface area contributed by atoms with Gasteiger partial charge in [0.25, 0.3) is 6.43 Å². The molecule has 5 N–H and O–H groups in total. The number of fused-ring (bicyclic) bond motifs is 2. The second-order valence-electron chi connectivity index (χ2n) is 11.4. The van der Waals surface area contributed by atoms with Crippen molar-refractivity contribution >= 4 is 35.0 Å². The van der Waals surface area contributed by atoms with Gasteiger partial charge in [0.15, 0.2) is 5.82 Å². The summed E-state index contributed by atoms with van der Waals surface area (Å²) in [5.74, 6) is 1.32. The molecule has 1 fully saturated rings. The minimum absolute atomic E-state index is 0.0289. The van der Waals surface area contributed by atoms with E-state index in [0.29, 0.717) is 36.6 Å². The van der Waals surface area contributed by atoms with Crippen molar-refractivity contribution in [1.29, 1.82) is 0 Å². The Kier molecular flexibility index (Phi) is 7.23. The zero-order valence-electron chi connectivity index (χ0n) is 23.7. The van der Waals surface area contributed by atoms with E-state index in [0.717, 1.165) is 73.5 Å². The lowest BCUT2D eigenvalue weighted by molar-refractivity contribution is -0.129. The summed E-state index contributed by atoms with van der Waals surface area (Å²) in [5.41, 5.74) is 17.6.